The van der Waals surface area contributed by atoms with Crippen molar-refractivity contribution in [2.24, 2.45) is 17.8 Å². The maximum Gasteiger partial charge on any atom is 0.416 e. The fraction of sp³-hybridized carbons (Fsp3) is 0.465. The maximum absolute atomic E-state index is 13.7. The third-order valence-corrected chi connectivity index (χ3v) is 13.3. The first-order valence-corrected chi connectivity index (χ1v) is 20.5. The number of amides is 5. The molecular weight excluding hydrogens is 780 g/mol. The Labute approximate surface area is 344 Å². The van der Waals surface area contributed by atoms with Gasteiger partial charge >= 0.3 is 6.18 Å². The molecule has 2 N–H and O–H groups in total. The summed E-state index contributed by atoms with van der Waals surface area (Å²) in [4.78, 5) is 70.2. The minimum Gasteiger partial charge on any atom is -0.371 e. The van der Waals surface area contributed by atoms with E-state index in [1.54, 1.807) is 36.7 Å². The predicted octanol–water partition coefficient (Wildman–Crippen LogP) is 5.20. The van der Waals surface area contributed by atoms with Gasteiger partial charge in [-0.05, 0) is 131 Å². The molecule has 3 saturated heterocycles. The summed E-state index contributed by atoms with van der Waals surface area (Å²) >= 11 is 0. The number of hydrogen-bond acceptors (Lipinski definition) is 9. The second-order valence-electron chi connectivity index (χ2n) is 17.4. The average Bonchev–Trinajstić information content (AvgIpc) is 4.06. The first-order valence-electron chi connectivity index (χ1n) is 20.5. The van der Waals surface area contributed by atoms with Gasteiger partial charge in [-0.3, -0.25) is 38.9 Å². The number of imide groups is 2. The molecule has 0 bridgehead atoms. The maximum atomic E-state index is 13.7. The van der Waals surface area contributed by atoms with Crippen LogP contribution in [0.4, 0.5) is 24.5 Å². The molecule has 17 heteroatoms. The number of piperidine rings is 2. The molecule has 9 rings (SSSR count). The van der Waals surface area contributed by atoms with Crippen LogP contribution in [0.1, 0.15) is 90.1 Å². The van der Waals surface area contributed by atoms with Gasteiger partial charge in [-0.1, -0.05) is 0 Å². The zero-order chi connectivity index (χ0) is 42.1. The van der Waals surface area contributed by atoms with Crippen LogP contribution in [0.25, 0.3) is 5.69 Å². The zero-order valence-electron chi connectivity index (χ0n) is 33.3. The van der Waals surface area contributed by atoms with Crippen molar-refractivity contribution >= 4 is 40.9 Å². The van der Waals surface area contributed by atoms with E-state index >= 15 is 0 Å². The summed E-state index contributed by atoms with van der Waals surface area (Å²) in [5, 5.41) is 13.7. The van der Waals surface area contributed by atoms with Crippen LogP contribution in [0.15, 0.2) is 67.3 Å². The lowest BCUT2D eigenvalue weighted by Gasteiger charge is -2.33. The monoisotopic (exact) mass is 825 g/mol. The zero-order valence-corrected chi connectivity index (χ0v) is 33.3. The third kappa shape index (κ3) is 7.26. The fourth-order valence-electron chi connectivity index (χ4n) is 9.90. The van der Waals surface area contributed by atoms with Crippen molar-refractivity contribution in [3.63, 3.8) is 0 Å². The highest BCUT2D eigenvalue weighted by molar-refractivity contribution is 6.23. The molecule has 1 aliphatic carbocycles. The molecule has 0 spiro atoms. The topological polar surface area (TPSA) is 155 Å². The summed E-state index contributed by atoms with van der Waals surface area (Å²) < 4.78 is 43.5. The van der Waals surface area contributed by atoms with Crippen molar-refractivity contribution in [3.8, 4) is 5.69 Å². The molecule has 5 aliphatic rings. The van der Waals surface area contributed by atoms with Crippen LogP contribution in [0, 0.1) is 17.8 Å². The molecule has 4 fully saturated rings. The Morgan fingerprint density at radius 1 is 0.917 bits per heavy atom. The second-order valence-corrected chi connectivity index (χ2v) is 17.4. The highest BCUT2D eigenvalue weighted by Gasteiger charge is 2.46. The summed E-state index contributed by atoms with van der Waals surface area (Å²) in [5.41, 5.74) is 0.864. The lowest BCUT2D eigenvalue weighted by Crippen LogP contribution is -2.54. The number of carbonyl (C=O) groups is 5. The molecule has 3 unspecified atom stereocenters. The Bertz CT molecular complexity index is 2350. The minimum atomic E-state index is -4.56. The smallest absolute Gasteiger partial charge is 0.371 e. The van der Waals surface area contributed by atoms with Gasteiger partial charge in [0.2, 0.25) is 11.8 Å². The number of fused-ring (bicyclic) bond motifs is 2. The van der Waals surface area contributed by atoms with Gasteiger partial charge in [0.25, 0.3) is 17.7 Å². The average molecular weight is 826 g/mol. The van der Waals surface area contributed by atoms with E-state index in [4.69, 9.17) is 0 Å². The summed E-state index contributed by atoms with van der Waals surface area (Å²) in [6.45, 7) is 8.18. The van der Waals surface area contributed by atoms with Crippen LogP contribution in [0.3, 0.4) is 0 Å². The number of nitrogens with zero attached hydrogens (tertiary/aromatic N) is 7. The highest BCUT2D eigenvalue weighted by Crippen LogP contribution is 2.44. The molecule has 3 atom stereocenters. The molecule has 2 aromatic carbocycles. The van der Waals surface area contributed by atoms with Crippen LogP contribution < -0.4 is 15.5 Å². The van der Waals surface area contributed by atoms with Crippen molar-refractivity contribution in [2.75, 3.05) is 42.9 Å². The van der Waals surface area contributed by atoms with Gasteiger partial charge in [-0.15, -0.1) is 0 Å². The molecule has 1 saturated carbocycles. The number of halogens is 3. The highest BCUT2D eigenvalue weighted by atomic mass is 19.4. The number of rotatable bonds is 9. The van der Waals surface area contributed by atoms with Crippen molar-refractivity contribution in [3.05, 3.63) is 89.5 Å². The number of carbonyl (C=O) groups excluding carboxylic acids is 5. The molecule has 6 heterocycles. The van der Waals surface area contributed by atoms with E-state index in [-0.39, 0.29) is 35.7 Å². The Hall–Kier alpha value is -5.84. The lowest BCUT2D eigenvalue weighted by molar-refractivity contribution is -0.138. The molecule has 4 aliphatic heterocycles. The third-order valence-electron chi connectivity index (χ3n) is 13.3. The quantitative estimate of drug-likeness (QED) is 0.217. The van der Waals surface area contributed by atoms with Crippen molar-refractivity contribution in [1.82, 2.24) is 34.7 Å². The van der Waals surface area contributed by atoms with Gasteiger partial charge in [-0.2, -0.15) is 23.4 Å². The first kappa shape index (κ1) is 39.6. The van der Waals surface area contributed by atoms with Crippen molar-refractivity contribution < 1.29 is 37.1 Å². The molecule has 0 radical (unpaired) electrons. The van der Waals surface area contributed by atoms with Crippen molar-refractivity contribution in [1.29, 1.82) is 0 Å². The molecule has 14 nitrogen and oxygen atoms in total. The van der Waals surface area contributed by atoms with Gasteiger partial charge in [0, 0.05) is 50.3 Å². The van der Waals surface area contributed by atoms with Gasteiger partial charge in [-0.25, -0.2) is 4.68 Å². The predicted molar refractivity (Wildman–Crippen MR) is 212 cm³/mol. The van der Waals surface area contributed by atoms with Crippen molar-refractivity contribution in [2.45, 2.75) is 76.0 Å². The van der Waals surface area contributed by atoms with E-state index in [1.807, 2.05) is 18.5 Å². The fourth-order valence-corrected chi connectivity index (χ4v) is 9.90. The van der Waals surface area contributed by atoms with E-state index in [1.165, 1.54) is 23.1 Å². The van der Waals surface area contributed by atoms with E-state index in [2.05, 4.69) is 30.6 Å². The number of hydrogen-bond donors (Lipinski definition) is 2. The summed E-state index contributed by atoms with van der Waals surface area (Å²) in [7, 11) is 0. The summed E-state index contributed by atoms with van der Waals surface area (Å²) in [5.74, 6) is -0.463. The van der Waals surface area contributed by atoms with Gasteiger partial charge in [0.15, 0.2) is 0 Å². The number of aromatic nitrogens is 4. The minimum absolute atomic E-state index is 0.0807. The summed E-state index contributed by atoms with van der Waals surface area (Å²) in [6.07, 6.45) is 6.54. The van der Waals surface area contributed by atoms with E-state index < -0.39 is 52.9 Å². The van der Waals surface area contributed by atoms with E-state index in [0.717, 1.165) is 86.7 Å². The normalized spacial score (nSPS) is 23.9. The lowest BCUT2D eigenvalue weighted by atomic mass is 9.90. The van der Waals surface area contributed by atoms with Crippen LogP contribution in [0.2, 0.25) is 0 Å². The Morgan fingerprint density at radius 3 is 2.33 bits per heavy atom. The van der Waals surface area contributed by atoms with E-state index in [9.17, 15) is 37.1 Å². The van der Waals surface area contributed by atoms with Crippen LogP contribution in [-0.4, -0.2) is 97.7 Å². The number of benzene rings is 2. The van der Waals surface area contributed by atoms with Crippen LogP contribution in [-0.2, 0) is 26.1 Å². The molecule has 60 heavy (non-hydrogen) atoms. The van der Waals surface area contributed by atoms with Gasteiger partial charge < -0.3 is 15.1 Å². The second kappa shape index (κ2) is 15.0. The van der Waals surface area contributed by atoms with Gasteiger partial charge in [0.1, 0.15) is 11.6 Å². The number of anilines is 2. The molecular formula is C43H46F3N9O5. The van der Waals surface area contributed by atoms with Crippen LogP contribution in [0.5, 0.6) is 0 Å². The molecule has 314 valence electrons. The number of likely N-dealkylation sites (tertiary alicyclic amines) is 1. The molecule has 2 aromatic heterocycles. The van der Waals surface area contributed by atoms with Crippen LogP contribution >= 0.6 is 0 Å². The Morgan fingerprint density at radius 2 is 1.65 bits per heavy atom. The number of alkyl halides is 3. The standard InChI is InChI=1S/C43H46F3N9O5/c1-42(2,41(60)49-34-7-4-30(43(44,45)46)18-36(34)53-13-3-12-47-53)54-24-29(20-48-54)26-10-14-51(15-11-26)21-25-16-27-22-52(23-28(27)17-25)31-5-6-32-33(19-31)40(59)55(39(32)58)35-8-9-37(56)50-38(35)57/h3-7,12-13,18-20,24-28,35H,8-11,14-17,21-23H2,1-2H3,(H,49,60)(H,50,56,57). The number of nitrogens with one attached hydrogen (secondary N) is 2. The largest absolute Gasteiger partial charge is 0.416 e. The summed E-state index contributed by atoms with van der Waals surface area (Å²) in [6, 6.07) is 9.12. The molecule has 4 aromatic rings. The molecule has 5 amide bonds. The first-order chi connectivity index (χ1) is 28.6. The SMILES string of the molecule is CC(C)(C(=O)Nc1ccc(C(F)(F)F)cc1-n1cccn1)n1cc(C2CCN(CC3CC4CN(c5ccc6c(c5)C(=O)N(C5CCC(=O)NC5=O)C6=O)CC4C3)CC2)cn1. The van der Waals surface area contributed by atoms with Gasteiger partial charge in [0.05, 0.1) is 34.3 Å². The van der Waals surface area contributed by atoms with E-state index in [0.29, 0.717) is 23.3 Å². The Kier molecular flexibility index (Phi) is 9.91. The Balaban J connectivity index is 0.763.